The van der Waals surface area contributed by atoms with Crippen LogP contribution in [0.5, 0.6) is 0 Å². The molecule has 1 aromatic rings. The van der Waals surface area contributed by atoms with Gasteiger partial charge in [0.1, 0.15) is 0 Å². The molecule has 0 fully saturated rings. The summed E-state index contributed by atoms with van der Waals surface area (Å²) in [5.41, 5.74) is 0.0184. The molecule has 1 aromatic carbocycles. The van der Waals surface area contributed by atoms with Gasteiger partial charge in [0.15, 0.2) is 0 Å². The highest BCUT2D eigenvalue weighted by molar-refractivity contribution is 7.89. The van der Waals surface area contributed by atoms with Gasteiger partial charge < -0.3 is 4.90 Å². The second-order valence-corrected chi connectivity index (χ2v) is 6.66. The predicted molar refractivity (Wildman–Crippen MR) is 74.3 cm³/mol. The fraction of sp³-hybridized carbons (Fsp3) is 0.462. The number of hydrogen-bond acceptors (Lipinski definition) is 3. The molecule has 1 rings (SSSR count). The molecule has 0 saturated heterocycles. The Bertz CT molecular complexity index is 579. The first-order valence-electron chi connectivity index (χ1n) is 6.00. The minimum Gasteiger partial charge on any atom is -0.337 e. The number of carbonyl (C=O) groups excluding carboxylic acids is 1. The van der Waals surface area contributed by atoms with E-state index in [0.29, 0.717) is 5.56 Å². The molecule has 0 aliphatic rings. The Balaban J connectivity index is 3.15. The first-order chi connectivity index (χ1) is 8.59. The number of nitrogens with two attached hydrogens (primary N) is 1. The summed E-state index contributed by atoms with van der Waals surface area (Å²) >= 11 is 0. The zero-order valence-corrected chi connectivity index (χ0v) is 12.5. The maximum Gasteiger partial charge on any atom is 0.254 e. The van der Waals surface area contributed by atoms with Gasteiger partial charge in [-0.3, -0.25) is 4.79 Å². The lowest BCUT2D eigenvalue weighted by Crippen LogP contribution is -2.44. The van der Waals surface area contributed by atoms with Crippen LogP contribution in [0.15, 0.2) is 29.2 Å². The van der Waals surface area contributed by atoms with Crippen LogP contribution in [-0.4, -0.2) is 31.8 Å². The zero-order chi connectivity index (χ0) is 14.8. The molecule has 0 unspecified atom stereocenters. The molecule has 0 bridgehead atoms. The van der Waals surface area contributed by atoms with Crippen molar-refractivity contribution < 1.29 is 13.2 Å². The van der Waals surface area contributed by atoms with E-state index in [2.05, 4.69) is 0 Å². The van der Waals surface area contributed by atoms with E-state index in [9.17, 15) is 13.2 Å². The number of nitrogens with zero attached hydrogens (tertiary/aromatic N) is 1. The van der Waals surface area contributed by atoms with Crippen molar-refractivity contribution in [2.75, 3.05) is 7.05 Å². The molecule has 1 amide bonds. The lowest BCUT2D eigenvalue weighted by Gasteiger charge is -2.35. The number of benzene rings is 1. The van der Waals surface area contributed by atoms with Crippen LogP contribution < -0.4 is 5.14 Å². The zero-order valence-electron chi connectivity index (χ0n) is 11.7. The molecule has 0 saturated carbocycles. The number of carbonyl (C=O) groups is 1. The summed E-state index contributed by atoms with van der Waals surface area (Å²) in [5.74, 6) is -0.225. The minimum atomic E-state index is -3.80. The summed E-state index contributed by atoms with van der Waals surface area (Å²) in [6.07, 6.45) is 0.796. The molecule has 6 heteroatoms. The van der Waals surface area contributed by atoms with Gasteiger partial charge >= 0.3 is 0 Å². The summed E-state index contributed by atoms with van der Waals surface area (Å²) in [6.45, 7) is 5.90. The van der Waals surface area contributed by atoms with E-state index in [4.69, 9.17) is 5.14 Å². The maximum atomic E-state index is 12.3. The van der Waals surface area contributed by atoms with Crippen molar-refractivity contribution in [3.8, 4) is 0 Å². The Morgan fingerprint density at radius 1 is 1.37 bits per heavy atom. The van der Waals surface area contributed by atoms with Gasteiger partial charge in [0.05, 0.1) is 4.90 Å². The highest BCUT2D eigenvalue weighted by Gasteiger charge is 2.26. The second-order valence-electron chi connectivity index (χ2n) is 5.10. The Kier molecular flexibility index (Phi) is 4.37. The normalized spacial score (nSPS) is 12.3. The maximum absolute atomic E-state index is 12.3. The quantitative estimate of drug-likeness (QED) is 0.911. The van der Waals surface area contributed by atoms with Crippen molar-refractivity contribution >= 4 is 15.9 Å². The van der Waals surface area contributed by atoms with Crippen molar-refractivity contribution in [1.82, 2.24) is 4.90 Å². The molecule has 0 radical (unpaired) electrons. The molecule has 5 nitrogen and oxygen atoms in total. The standard InChI is InChI=1S/C13H20N2O3S/c1-5-13(2,3)15(4)12(16)10-7-6-8-11(9-10)19(14,17)18/h6-9H,5H2,1-4H3,(H2,14,17,18). The monoisotopic (exact) mass is 284 g/mol. The van der Waals surface area contributed by atoms with Gasteiger partial charge in [0.25, 0.3) is 5.91 Å². The van der Waals surface area contributed by atoms with Gasteiger partial charge in [-0.1, -0.05) is 13.0 Å². The second kappa shape index (κ2) is 5.30. The summed E-state index contributed by atoms with van der Waals surface area (Å²) in [5, 5.41) is 5.06. The topological polar surface area (TPSA) is 80.5 Å². The largest absolute Gasteiger partial charge is 0.337 e. The van der Waals surface area contributed by atoms with Crippen LogP contribution in [0.2, 0.25) is 0 Å². The van der Waals surface area contributed by atoms with Crippen LogP contribution in [0.3, 0.4) is 0 Å². The van der Waals surface area contributed by atoms with Crippen LogP contribution in [0.4, 0.5) is 0 Å². The van der Waals surface area contributed by atoms with Crippen molar-refractivity contribution in [1.29, 1.82) is 0 Å². The predicted octanol–water partition coefficient (Wildman–Crippen LogP) is 1.59. The van der Waals surface area contributed by atoms with Gasteiger partial charge in [0, 0.05) is 18.2 Å². The van der Waals surface area contributed by atoms with Gasteiger partial charge in [-0.15, -0.1) is 0 Å². The average Bonchev–Trinajstić information content (AvgIpc) is 2.36. The lowest BCUT2D eigenvalue weighted by molar-refractivity contribution is 0.0620. The van der Waals surface area contributed by atoms with Crippen LogP contribution in [-0.2, 0) is 10.0 Å². The van der Waals surface area contributed by atoms with E-state index in [1.54, 1.807) is 18.0 Å². The van der Waals surface area contributed by atoms with Gasteiger partial charge in [-0.05, 0) is 38.5 Å². The highest BCUT2D eigenvalue weighted by Crippen LogP contribution is 2.20. The Labute approximate surface area is 114 Å². The van der Waals surface area contributed by atoms with Crippen LogP contribution in [0.25, 0.3) is 0 Å². The molecule has 0 aromatic heterocycles. The van der Waals surface area contributed by atoms with Crippen molar-refractivity contribution in [3.05, 3.63) is 29.8 Å². The van der Waals surface area contributed by atoms with Crippen molar-refractivity contribution in [3.63, 3.8) is 0 Å². The van der Waals surface area contributed by atoms with Crippen LogP contribution in [0, 0.1) is 0 Å². The van der Waals surface area contributed by atoms with E-state index >= 15 is 0 Å². The van der Waals surface area contributed by atoms with E-state index in [0.717, 1.165) is 6.42 Å². The highest BCUT2D eigenvalue weighted by atomic mass is 32.2. The molecule has 0 heterocycles. The lowest BCUT2D eigenvalue weighted by atomic mass is 9.99. The first-order valence-corrected chi connectivity index (χ1v) is 7.55. The van der Waals surface area contributed by atoms with Gasteiger partial charge in [0.2, 0.25) is 10.0 Å². The number of sulfonamides is 1. The van der Waals surface area contributed by atoms with Gasteiger partial charge in [-0.25, -0.2) is 13.6 Å². The molecule has 0 aliphatic carbocycles. The van der Waals surface area contributed by atoms with Crippen LogP contribution >= 0.6 is 0 Å². The SMILES string of the molecule is CCC(C)(C)N(C)C(=O)c1cccc(S(N)(=O)=O)c1. The van der Waals surface area contributed by atoms with Crippen molar-refractivity contribution in [2.45, 2.75) is 37.6 Å². The van der Waals surface area contributed by atoms with E-state index in [1.807, 2.05) is 20.8 Å². The summed E-state index contributed by atoms with van der Waals surface area (Å²) < 4.78 is 22.6. The fourth-order valence-electron chi connectivity index (χ4n) is 1.51. The summed E-state index contributed by atoms with van der Waals surface area (Å²) in [4.78, 5) is 13.9. The average molecular weight is 284 g/mol. The first kappa shape index (κ1) is 15.7. The number of amides is 1. The summed E-state index contributed by atoms with van der Waals surface area (Å²) in [6, 6.07) is 5.77. The number of rotatable bonds is 4. The minimum absolute atomic E-state index is 0.0546. The fourth-order valence-corrected chi connectivity index (χ4v) is 2.07. The molecule has 0 atom stereocenters. The smallest absolute Gasteiger partial charge is 0.254 e. The Morgan fingerprint density at radius 2 is 1.95 bits per heavy atom. The van der Waals surface area contributed by atoms with E-state index in [-0.39, 0.29) is 16.3 Å². The van der Waals surface area contributed by atoms with Crippen molar-refractivity contribution in [2.24, 2.45) is 5.14 Å². The third kappa shape index (κ3) is 3.54. The molecular formula is C13H20N2O3S. The van der Waals surface area contributed by atoms with Gasteiger partial charge in [-0.2, -0.15) is 0 Å². The number of primary sulfonamides is 1. The molecule has 19 heavy (non-hydrogen) atoms. The third-order valence-corrected chi connectivity index (χ3v) is 4.40. The molecule has 106 valence electrons. The Hall–Kier alpha value is -1.40. The number of hydrogen-bond donors (Lipinski definition) is 1. The molecule has 0 spiro atoms. The summed E-state index contributed by atoms with van der Waals surface area (Å²) in [7, 11) is -2.09. The molecular weight excluding hydrogens is 264 g/mol. The molecule has 0 aliphatic heterocycles. The van der Waals surface area contributed by atoms with E-state index < -0.39 is 10.0 Å². The van der Waals surface area contributed by atoms with E-state index in [1.165, 1.54) is 18.2 Å². The Morgan fingerprint density at radius 3 is 2.42 bits per heavy atom. The van der Waals surface area contributed by atoms with Crippen LogP contribution in [0.1, 0.15) is 37.6 Å². The molecule has 2 N–H and O–H groups in total. The third-order valence-electron chi connectivity index (χ3n) is 3.49.